The minimum Gasteiger partial charge on any atom is -0.482 e. The van der Waals surface area contributed by atoms with Crippen molar-refractivity contribution in [1.82, 2.24) is 0 Å². The molecule has 1 heterocycles. The first-order chi connectivity index (χ1) is 9.98. The maximum atomic E-state index is 11.0. The van der Waals surface area contributed by atoms with Crippen LogP contribution >= 0.6 is 11.8 Å². The van der Waals surface area contributed by atoms with Gasteiger partial charge in [0.25, 0.3) is 0 Å². The number of esters is 1. The van der Waals surface area contributed by atoms with Crippen molar-refractivity contribution in [2.75, 3.05) is 30.5 Å². The molecule has 5 heteroatoms. The van der Waals surface area contributed by atoms with Crippen molar-refractivity contribution in [3.05, 3.63) is 24.3 Å². The van der Waals surface area contributed by atoms with Gasteiger partial charge in [-0.15, -0.1) is 0 Å². The zero-order valence-corrected chi connectivity index (χ0v) is 13.7. The number of rotatable bonds is 5. The molecule has 4 nitrogen and oxygen atoms in total. The molecule has 1 aliphatic heterocycles. The van der Waals surface area contributed by atoms with Crippen LogP contribution in [0.5, 0.6) is 5.75 Å². The van der Waals surface area contributed by atoms with Gasteiger partial charge in [-0.25, -0.2) is 4.79 Å². The van der Waals surface area contributed by atoms with Gasteiger partial charge in [-0.05, 0) is 41.9 Å². The zero-order valence-electron chi connectivity index (χ0n) is 12.8. The molecule has 0 radical (unpaired) electrons. The summed E-state index contributed by atoms with van der Waals surface area (Å²) in [6, 6.07) is 8.21. The van der Waals surface area contributed by atoms with E-state index in [1.54, 1.807) is 0 Å². The van der Waals surface area contributed by atoms with Gasteiger partial charge in [-0.2, -0.15) is 11.8 Å². The Morgan fingerprint density at radius 1 is 1.38 bits per heavy atom. The van der Waals surface area contributed by atoms with Gasteiger partial charge in [0, 0.05) is 17.5 Å². The molecule has 1 aliphatic rings. The Labute approximate surface area is 130 Å². The number of benzene rings is 1. The van der Waals surface area contributed by atoms with Gasteiger partial charge in [0.15, 0.2) is 6.61 Å². The van der Waals surface area contributed by atoms with Gasteiger partial charge in [-0.3, -0.25) is 0 Å². The van der Waals surface area contributed by atoms with Gasteiger partial charge in [0.05, 0.1) is 7.11 Å². The average Bonchev–Trinajstić information content (AvgIpc) is 2.45. The lowest BCUT2D eigenvalue weighted by atomic mass is 9.88. The maximum absolute atomic E-state index is 11.0. The summed E-state index contributed by atoms with van der Waals surface area (Å²) in [6.45, 7) is 4.58. The number of nitrogens with one attached hydrogen (secondary N) is 1. The molecule has 116 valence electrons. The molecule has 1 N–H and O–H groups in total. The minimum atomic E-state index is -0.376. The number of hydrogen-bond acceptors (Lipinski definition) is 5. The first-order valence-corrected chi connectivity index (χ1v) is 8.28. The Morgan fingerprint density at radius 3 is 2.71 bits per heavy atom. The van der Waals surface area contributed by atoms with Crippen molar-refractivity contribution < 1.29 is 14.3 Å². The number of anilines is 1. The zero-order chi connectivity index (χ0) is 15.3. The molecule has 1 saturated heterocycles. The van der Waals surface area contributed by atoms with Gasteiger partial charge >= 0.3 is 5.97 Å². The van der Waals surface area contributed by atoms with Crippen molar-refractivity contribution in [3.63, 3.8) is 0 Å². The number of thioether (sulfide) groups is 1. The van der Waals surface area contributed by atoms with Crippen LogP contribution in [-0.4, -0.2) is 37.2 Å². The van der Waals surface area contributed by atoms with E-state index in [0.717, 1.165) is 11.4 Å². The minimum absolute atomic E-state index is 0.0588. The van der Waals surface area contributed by atoms with E-state index in [-0.39, 0.29) is 12.6 Å². The van der Waals surface area contributed by atoms with Gasteiger partial charge < -0.3 is 14.8 Å². The second kappa shape index (κ2) is 7.07. The largest absolute Gasteiger partial charge is 0.482 e. The van der Waals surface area contributed by atoms with E-state index in [1.165, 1.54) is 19.3 Å². The van der Waals surface area contributed by atoms with Gasteiger partial charge in [0.1, 0.15) is 5.75 Å². The van der Waals surface area contributed by atoms with Crippen molar-refractivity contribution in [1.29, 1.82) is 0 Å². The predicted molar refractivity (Wildman–Crippen MR) is 87.1 cm³/mol. The lowest BCUT2D eigenvalue weighted by Gasteiger charge is -2.35. The Bertz CT molecular complexity index is 473. The van der Waals surface area contributed by atoms with Crippen LogP contribution in [0.4, 0.5) is 5.69 Å². The number of ether oxygens (including phenoxy) is 2. The van der Waals surface area contributed by atoms with Crippen LogP contribution in [0.25, 0.3) is 0 Å². The van der Waals surface area contributed by atoms with E-state index in [4.69, 9.17) is 4.74 Å². The quantitative estimate of drug-likeness (QED) is 0.847. The third-order valence-electron chi connectivity index (χ3n) is 3.42. The van der Waals surface area contributed by atoms with Crippen molar-refractivity contribution in [2.45, 2.75) is 26.3 Å². The number of carbonyl (C=O) groups excluding carboxylic acids is 1. The average molecular weight is 309 g/mol. The van der Waals surface area contributed by atoms with E-state index >= 15 is 0 Å². The molecular formula is C16H23NO3S. The smallest absolute Gasteiger partial charge is 0.343 e. The third-order valence-corrected chi connectivity index (χ3v) is 5.04. The highest BCUT2D eigenvalue weighted by atomic mass is 32.2. The normalized spacial score (nSPS) is 20.6. The van der Waals surface area contributed by atoms with Gasteiger partial charge in [-0.1, -0.05) is 13.8 Å². The molecule has 21 heavy (non-hydrogen) atoms. The molecule has 1 aromatic carbocycles. The number of methoxy groups -OCH3 is 1. The summed E-state index contributed by atoms with van der Waals surface area (Å²) in [7, 11) is 1.35. The molecule has 0 amide bonds. The highest BCUT2D eigenvalue weighted by molar-refractivity contribution is 7.99. The fourth-order valence-corrected chi connectivity index (χ4v) is 3.71. The summed E-state index contributed by atoms with van der Waals surface area (Å²) in [5, 5.41) is 3.57. The van der Waals surface area contributed by atoms with Crippen LogP contribution < -0.4 is 10.1 Å². The molecule has 1 unspecified atom stereocenters. The molecule has 0 aliphatic carbocycles. The van der Waals surface area contributed by atoms with Crippen LogP contribution in [-0.2, 0) is 9.53 Å². The molecular weight excluding hydrogens is 286 g/mol. The number of hydrogen-bond donors (Lipinski definition) is 1. The second-order valence-electron chi connectivity index (χ2n) is 6.11. The van der Waals surface area contributed by atoms with Crippen molar-refractivity contribution >= 4 is 23.4 Å². The molecule has 0 aromatic heterocycles. The van der Waals surface area contributed by atoms with Crippen LogP contribution in [0, 0.1) is 5.41 Å². The highest BCUT2D eigenvalue weighted by Crippen LogP contribution is 2.34. The molecule has 1 aromatic rings. The molecule has 1 atom stereocenters. The van der Waals surface area contributed by atoms with E-state index in [1.807, 2.05) is 36.0 Å². The van der Waals surface area contributed by atoms with Crippen LogP contribution in [0.15, 0.2) is 24.3 Å². The summed E-state index contributed by atoms with van der Waals surface area (Å²) < 4.78 is 9.87. The Kier molecular flexibility index (Phi) is 5.39. The summed E-state index contributed by atoms with van der Waals surface area (Å²) in [5.74, 6) is 2.66. The first kappa shape index (κ1) is 16.0. The van der Waals surface area contributed by atoms with Crippen LogP contribution in [0.3, 0.4) is 0 Å². The lowest BCUT2D eigenvalue weighted by Crippen LogP contribution is -2.35. The Morgan fingerprint density at radius 2 is 2.10 bits per heavy atom. The van der Waals surface area contributed by atoms with Crippen LogP contribution in [0.1, 0.15) is 20.3 Å². The lowest BCUT2D eigenvalue weighted by molar-refractivity contribution is -0.142. The van der Waals surface area contributed by atoms with E-state index in [0.29, 0.717) is 17.2 Å². The van der Waals surface area contributed by atoms with Crippen molar-refractivity contribution in [3.8, 4) is 5.75 Å². The first-order valence-electron chi connectivity index (χ1n) is 7.12. The SMILES string of the molecule is COC(=O)COc1ccc(NC2CSCC(C)(C)C2)cc1. The molecule has 0 spiro atoms. The monoisotopic (exact) mass is 309 g/mol. The predicted octanol–water partition coefficient (Wildman–Crippen LogP) is 3.18. The fourth-order valence-electron chi connectivity index (χ4n) is 2.44. The Balaban J connectivity index is 1.86. The highest BCUT2D eigenvalue weighted by Gasteiger charge is 2.28. The summed E-state index contributed by atoms with van der Waals surface area (Å²) >= 11 is 2.01. The fraction of sp³-hybridized carbons (Fsp3) is 0.562. The molecule has 0 saturated carbocycles. The third kappa shape index (κ3) is 5.16. The molecule has 2 rings (SSSR count). The van der Waals surface area contributed by atoms with E-state index in [9.17, 15) is 4.79 Å². The second-order valence-corrected chi connectivity index (χ2v) is 7.14. The van der Waals surface area contributed by atoms with E-state index in [2.05, 4.69) is 23.9 Å². The standard InChI is InChI=1S/C16H23NO3S/c1-16(2)8-13(10-21-11-16)17-12-4-6-14(7-5-12)20-9-15(18)19-3/h4-7,13,17H,8-11H2,1-3H3. The summed E-state index contributed by atoms with van der Waals surface area (Å²) in [5.41, 5.74) is 1.48. The summed E-state index contributed by atoms with van der Waals surface area (Å²) in [6.07, 6.45) is 1.18. The molecule has 0 bridgehead atoms. The maximum Gasteiger partial charge on any atom is 0.343 e. The van der Waals surface area contributed by atoms with Crippen LogP contribution in [0.2, 0.25) is 0 Å². The number of carbonyl (C=O) groups is 1. The topological polar surface area (TPSA) is 47.6 Å². The van der Waals surface area contributed by atoms with Gasteiger partial charge in [0.2, 0.25) is 0 Å². The van der Waals surface area contributed by atoms with Crippen molar-refractivity contribution in [2.24, 2.45) is 5.41 Å². The van der Waals surface area contributed by atoms with E-state index < -0.39 is 0 Å². The Hall–Kier alpha value is -1.36. The molecule has 1 fully saturated rings. The summed E-state index contributed by atoms with van der Waals surface area (Å²) in [4.78, 5) is 11.0.